The predicted octanol–water partition coefficient (Wildman–Crippen LogP) is 6.70. The number of hydrogen-bond acceptors (Lipinski definition) is 5. The normalized spacial score (nSPS) is 18.9. The van der Waals surface area contributed by atoms with Crippen molar-refractivity contribution in [1.29, 1.82) is 0 Å². The van der Waals surface area contributed by atoms with Gasteiger partial charge in [0.1, 0.15) is 17.3 Å². The molecule has 2 aliphatic heterocycles. The number of benzene rings is 2. The highest BCUT2D eigenvalue weighted by atomic mass is 32.1. The minimum absolute atomic E-state index is 0.0753. The zero-order chi connectivity index (χ0) is 25.2. The van der Waals surface area contributed by atoms with Crippen LogP contribution in [0.15, 0.2) is 51.9 Å². The fraction of sp³-hybridized carbons (Fsp3) is 0.393. The highest BCUT2D eigenvalue weighted by Gasteiger charge is 2.31. The second-order valence-electron chi connectivity index (χ2n) is 9.60. The maximum Gasteiger partial charge on any atom is 0.164 e. The van der Waals surface area contributed by atoms with E-state index >= 15 is 0 Å². The number of oxime groups is 1. The fourth-order valence-corrected chi connectivity index (χ4v) is 5.83. The van der Waals surface area contributed by atoms with Gasteiger partial charge < -0.3 is 9.74 Å². The van der Waals surface area contributed by atoms with Crippen LogP contribution < -0.4 is 0 Å². The number of aliphatic imine (C=N–C) groups is 1. The monoisotopic (exact) mass is 508 g/mol. The predicted molar refractivity (Wildman–Crippen MR) is 140 cm³/mol. The van der Waals surface area contributed by atoms with Gasteiger partial charge in [-0.25, -0.2) is 13.8 Å². The van der Waals surface area contributed by atoms with Crippen molar-refractivity contribution in [3.05, 3.63) is 86.4 Å². The van der Waals surface area contributed by atoms with Crippen molar-refractivity contribution in [2.75, 3.05) is 13.1 Å². The summed E-state index contributed by atoms with van der Waals surface area (Å²) in [5.41, 5.74) is 5.11. The number of hydrogen-bond donors (Lipinski definition) is 0. The molecular weight excluding hydrogens is 478 g/mol. The van der Waals surface area contributed by atoms with Gasteiger partial charge in [-0.15, -0.1) is 11.3 Å². The van der Waals surface area contributed by atoms with E-state index in [1.165, 1.54) is 34.9 Å². The van der Waals surface area contributed by atoms with E-state index in [0.717, 1.165) is 42.5 Å². The summed E-state index contributed by atoms with van der Waals surface area (Å²) in [6, 6.07) is 10.3. The van der Waals surface area contributed by atoms with Crippen molar-refractivity contribution in [3.8, 4) is 0 Å². The van der Waals surface area contributed by atoms with Gasteiger partial charge in [0.15, 0.2) is 6.10 Å². The maximum atomic E-state index is 14.1. The molecule has 2 aliphatic rings. The van der Waals surface area contributed by atoms with Gasteiger partial charge in [-0.2, -0.15) is 0 Å². The Morgan fingerprint density at radius 3 is 2.64 bits per heavy atom. The lowest BCUT2D eigenvalue weighted by molar-refractivity contribution is 0.0800. The van der Waals surface area contributed by atoms with Gasteiger partial charge >= 0.3 is 0 Å². The van der Waals surface area contributed by atoms with E-state index < -0.39 is 17.7 Å². The molecule has 1 saturated heterocycles. The Labute approximate surface area is 214 Å². The Morgan fingerprint density at radius 1 is 1.14 bits per heavy atom. The van der Waals surface area contributed by atoms with Crippen LogP contribution in [0.1, 0.15) is 71.2 Å². The molecule has 0 amide bonds. The van der Waals surface area contributed by atoms with E-state index in [0.29, 0.717) is 24.6 Å². The third-order valence-electron chi connectivity index (χ3n) is 7.09. The SMILES string of the molecule is CC(=NCc1cc(C)ccc1C)N1CCC(c2nc(C3=NOC(c4c(F)cccc4F)C3)cs2)CC1. The van der Waals surface area contributed by atoms with Crippen LogP contribution in [0, 0.1) is 25.5 Å². The average Bonchev–Trinajstić information content (AvgIpc) is 3.55. The van der Waals surface area contributed by atoms with Crippen LogP contribution in [0.25, 0.3) is 0 Å². The van der Waals surface area contributed by atoms with Gasteiger partial charge in [0.05, 0.1) is 28.6 Å². The molecule has 1 fully saturated rings. The lowest BCUT2D eigenvalue weighted by atomic mass is 9.97. The van der Waals surface area contributed by atoms with Crippen LogP contribution in [0.5, 0.6) is 0 Å². The Kier molecular flexibility index (Phi) is 7.14. The molecule has 3 aromatic rings. The number of amidine groups is 1. The van der Waals surface area contributed by atoms with Crippen molar-refractivity contribution >= 4 is 22.9 Å². The van der Waals surface area contributed by atoms with Crippen molar-refractivity contribution < 1.29 is 13.6 Å². The highest BCUT2D eigenvalue weighted by molar-refractivity contribution is 7.10. The van der Waals surface area contributed by atoms with Gasteiger partial charge in [-0.05, 0) is 56.9 Å². The summed E-state index contributed by atoms with van der Waals surface area (Å²) in [6.07, 6.45) is 1.56. The summed E-state index contributed by atoms with van der Waals surface area (Å²) in [5, 5.41) is 7.15. The van der Waals surface area contributed by atoms with E-state index in [9.17, 15) is 8.78 Å². The molecule has 1 atom stereocenters. The van der Waals surface area contributed by atoms with E-state index in [2.05, 4.69) is 49.0 Å². The molecule has 5 nitrogen and oxygen atoms in total. The lowest BCUT2D eigenvalue weighted by Crippen LogP contribution is -2.36. The van der Waals surface area contributed by atoms with E-state index in [4.69, 9.17) is 14.8 Å². The Hall–Kier alpha value is -3.13. The van der Waals surface area contributed by atoms with E-state index in [1.54, 1.807) is 11.3 Å². The van der Waals surface area contributed by atoms with Crippen molar-refractivity contribution in [1.82, 2.24) is 9.88 Å². The molecule has 0 radical (unpaired) electrons. The molecule has 1 aromatic heterocycles. The van der Waals surface area contributed by atoms with Crippen molar-refractivity contribution in [2.45, 2.75) is 58.6 Å². The fourth-order valence-electron chi connectivity index (χ4n) is 4.83. The molecule has 0 spiro atoms. The van der Waals surface area contributed by atoms with Gasteiger partial charge in [0.25, 0.3) is 0 Å². The number of piperidine rings is 1. The standard InChI is InChI=1S/C28H30F2N4OS/c1-17-7-8-18(2)21(13-17)15-31-19(3)34-11-9-20(10-12-34)28-32-25(16-36-28)24-14-26(35-33-24)27-22(29)5-4-6-23(27)30/h4-8,13,16,20,26H,9-12,14-15H2,1-3H3. The largest absolute Gasteiger partial charge is 0.387 e. The minimum atomic E-state index is -0.763. The topological polar surface area (TPSA) is 50.1 Å². The molecule has 188 valence electrons. The molecular formula is C28H30F2N4OS. The Morgan fingerprint density at radius 2 is 1.89 bits per heavy atom. The summed E-state index contributed by atoms with van der Waals surface area (Å²) >= 11 is 1.62. The van der Waals surface area contributed by atoms with Crippen LogP contribution >= 0.6 is 11.3 Å². The molecule has 8 heteroatoms. The highest BCUT2D eigenvalue weighted by Crippen LogP contribution is 2.35. The van der Waals surface area contributed by atoms with E-state index in [-0.39, 0.29) is 5.56 Å². The molecule has 0 N–H and O–H groups in total. The third-order valence-corrected chi connectivity index (χ3v) is 8.10. The quantitative estimate of drug-likeness (QED) is 0.285. The van der Waals surface area contributed by atoms with Crippen LogP contribution in [0.2, 0.25) is 0 Å². The van der Waals surface area contributed by atoms with Gasteiger partial charge in [0.2, 0.25) is 0 Å². The molecule has 5 rings (SSSR count). The van der Waals surface area contributed by atoms with Crippen LogP contribution in [-0.4, -0.2) is 34.5 Å². The summed E-state index contributed by atoms with van der Waals surface area (Å²) in [7, 11) is 0. The number of nitrogens with zero attached hydrogens (tertiary/aromatic N) is 4. The lowest BCUT2D eigenvalue weighted by Gasteiger charge is -2.32. The first-order valence-electron chi connectivity index (χ1n) is 12.3. The summed E-state index contributed by atoms with van der Waals surface area (Å²) in [4.78, 5) is 17.4. The maximum absolute atomic E-state index is 14.1. The van der Waals surface area contributed by atoms with Crippen molar-refractivity contribution in [3.63, 3.8) is 0 Å². The molecule has 1 unspecified atom stereocenters. The van der Waals surface area contributed by atoms with Gasteiger partial charge in [-0.1, -0.05) is 35.0 Å². The average molecular weight is 509 g/mol. The summed E-state index contributed by atoms with van der Waals surface area (Å²) < 4.78 is 28.3. The van der Waals surface area contributed by atoms with Gasteiger partial charge in [-0.3, -0.25) is 4.99 Å². The molecule has 36 heavy (non-hydrogen) atoms. The minimum Gasteiger partial charge on any atom is -0.387 e. The van der Waals surface area contributed by atoms with Crippen LogP contribution in [-0.2, 0) is 11.4 Å². The number of rotatable bonds is 5. The number of thiazole rings is 1. The Bertz CT molecular complexity index is 1290. The molecule has 3 heterocycles. The molecule has 0 aliphatic carbocycles. The first-order chi connectivity index (χ1) is 17.4. The number of likely N-dealkylation sites (tertiary alicyclic amines) is 1. The van der Waals surface area contributed by atoms with Crippen LogP contribution in [0.3, 0.4) is 0 Å². The number of aryl methyl sites for hydroxylation is 2. The van der Waals surface area contributed by atoms with Crippen molar-refractivity contribution in [2.24, 2.45) is 10.1 Å². The third kappa shape index (κ3) is 5.19. The smallest absolute Gasteiger partial charge is 0.164 e. The zero-order valence-electron chi connectivity index (χ0n) is 20.8. The molecule has 0 saturated carbocycles. The van der Waals surface area contributed by atoms with E-state index in [1.807, 2.05) is 5.38 Å². The first kappa shape index (κ1) is 24.6. The summed E-state index contributed by atoms with van der Waals surface area (Å²) in [5.74, 6) is 0.234. The van der Waals surface area contributed by atoms with Crippen LogP contribution in [0.4, 0.5) is 8.78 Å². The first-order valence-corrected chi connectivity index (χ1v) is 13.2. The Balaban J connectivity index is 1.17. The molecule has 2 aromatic carbocycles. The zero-order valence-corrected chi connectivity index (χ0v) is 21.6. The summed E-state index contributed by atoms with van der Waals surface area (Å²) in [6.45, 7) is 8.94. The second kappa shape index (κ2) is 10.5. The molecule has 0 bridgehead atoms. The van der Waals surface area contributed by atoms with Gasteiger partial charge in [0, 0.05) is 30.8 Å². The second-order valence-corrected chi connectivity index (χ2v) is 10.5. The number of aromatic nitrogens is 1. The number of halogens is 2.